The summed E-state index contributed by atoms with van der Waals surface area (Å²) < 4.78 is 13.4. The highest BCUT2D eigenvalue weighted by Crippen LogP contribution is 2.20. The summed E-state index contributed by atoms with van der Waals surface area (Å²) in [6.07, 6.45) is 2.77. The van der Waals surface area contributed by atoms with Crippen LogP contribution in [0.1, 0.15) is 10.4 Å². The molecule has 0 saturated carbocycles. The first-order valence-electron chi connectivity index (χ1n) is 5.04. The number of anilines is 2. The van der Waals surface area contributed by atoms with E-state index in [4.69, 9.17) is 17.3 Å². The second kappa shape index (κ2) is 5.01. The van der Waals surface area contributed by atoms with Gasteiger partial charge in [0.2, 0.25) is 0 Å². The molecule has 1 aromatic heterocycles. The van der Waals surface area contributed by atoms with Crippen LogP contribution in [0.5, 0.6) is 0 Å². The fourth-order valence-corrected chi connectivity index (χ4v) is 1.59. The average molecular weight is 266 g/mol. The van der Waals surface area contributed by atoms with Crippen LogP contribution in [-0.4, -0.2) is 10.9 Å². The van der Waals surface area contributed by atoms with Crippen LogP contribution < -0.4 is 11.1 Å². The lowest BCUT2D eigenvalue weighted by Crippen LogP contribution is -2.13. The summed E-state index contributed by atoms with van der Waals surface area (Å²) in [5, 5.41) is 2.60. The van der Waals surface area contributed by atoms with Crippen molar-refractivity contribution in [2.24, 2.45) is 0 Å². The molecule has 92 valence electrons. The van der Waals surface area contributed by atoms with E-state index in [2.05, 4.69) is 10.3 Å². The number of rotatable bonds is 2. The van der Waals surface area contributed by atoms with Gasteiger partial charge in [-0.3, -0.25) is 9.78 Å². The van der Waals surface area contributed by atoms with Gasteiger partial charge in [0.25, 0.3) is 5.91 Å². The first-order chi connectivity index (χ1) is 8.58. The molecule has 0 fully saturated rings. The number of nitrogens with zero attached hydrogens (tertiary/aromatic N) is 1. The Kier molecular flexibility index (Phi) is 3.43. The van der Waals surface area contributed by atoms with E-state index in [-0.39, 0.29) is 16.3 Å². The van der Waals surface area contributed by atoms with Crippen LogP contribution in [0.4, 0.5) is 15.8 Å². The van der Waals surface area contributed by atoms with Crippen LogP contribution in [0.2, 0.25) is 5.02 Å². The number of carbonyl (C=O) groups is 1. The van der Waals surface area contributed by atoms with Gasteiger partial charge in [-0.25, -0.2) is 4.39 Å². The van der Waals surface area contributed by atoms with Gasteiger partial charge in [-0.15, -0.1) is 0 Å². The van der Waals surface area contributed by atoms with E-state index in [1.54, 1.807) is 0 Å². The zero-order valence-electron chi connectivity index (χ0n) is 9.15. The zero-order chi connectivity index (χ0) is 13.1. The lowest BCUT2D eigenvalue weighted by molar-refractivity contribution is 0.102. The Bertz CT molecular complexity index is 604. The Hall–Kier alpha value is -2.14. The third-order valence-corrected chi connectivity index (χ3v) is 2.56. The maximum atomic E-state index is 13.4. The fraction of sp³-hybridized carbons (Fsp3) is 0. The van der Waals surface area contributed by atoms with Crippen molar-refractivity contribution in [2.75, 3.05) is 11.1 Å². The van der Waals surface area contributed by atoms with Crippen molar-refractivity contribution in [3.8, 4) is 0 Å². The summed E-state index contributed by atoms with van der Waals surface area (Å²) in [6.45, 7) is 0. The molecule has 0 bridgehead atoms. The predicted octanol–water partition coefficient (Wildman–Crippen LogP) is 2.71. The summed E-state index contributed by atoms with van der Waals surface area (Å²) in [5.74, 6) is -1.09. The highest BCUT2D eigenvalue weighted by atomic mass is 35.5. The van der Waals surface area contributed by atoms with Crippen molar-refractivity contribution >= 4 is 28.9 Å². The van der Waals surface area contributed by atoms with E-state index in [1.165, 1.54) is 36.7 Å². The van der Waals surface area contributed by atoms with Crippen LogP contribution >= 0.6 is 11.6 Å². The van der Waals surface area contributed by atoms with E-state index >= 15 is 0 Å². The molecule has 2 aromatic rings. The van der Waals surface area contributed by atoms with Crippen molar-refractivity contribution in [3.05, 3.63) is 53.1 Å². The normalized spacial score (nSPS) is 10.1. The zero-order valence-corrected chi connectivity index (χ0v) is 9.91. The summed E-state index contributed by atoms with van der Waals surface area (Å²) in [6, 6.07) is 5.37. The van der Waals surface area contributed by atoms with Gasteiger partial charge < -0.3 is 11.1 Å². The Labute approximate surface area is 108 Å². The topological polar surface area (TPSA) is 68.0 Å². The van der Waals surface area contributed by atoms with Gasteiger partial charge >= 0.3 is 0 Å². The molecule has 2 rings (SSSR count). The van der Waals surface area contributed by atoms with Gasteiger partial charge in [-0.05, 0) is 24.3 Å². The Morgan fingerprint density at radius 1 is 1.39 bits per heavy atom. The Morgan fingerprint density at radius 3 is 2.89 bits per heavy atom. The van der Waals surface area contributed by atoms with Gasteiger partial charge in [0.05, 0.1) is 16.3 Å². The molecule has 0 aliphatic rings. The SMILES string of the molecule is Nc1ccc(F)c(NC(=O)c2ccncc2Cl)c1. The molecular formula is C12H9ClFN3O. The highest BCUT2D eigenvalue weighted by Gasteiger charge is 2.12. The number of hydrogen-bond acceptors (Lipinski definition) is 3. The lowest BCUT2D eigenvalue weighted by Gasteiger charge is -2.08. The second-order valence-corrected chi connectivity index (χ2v) is 3.96. The van der Waals surface area contributed by atoms with E-state index in [0.29, 0.717) is 5.69 Å². The maximum absolute atomic E-state index is 13.4. The number of carbonyl (C=O) groups excluding carboxylic acids is 1. The molecule has 0 aliphatic heterocycles. The van der Waals surface area contributed by atoms with Gasteiger partial charge in [0, 0.05) is 18.1 Å². The molecule has 0 spiro atoms. The van der Waals surface area contributed by atoms with Crippen molar-refractivity contribution in [1.29, 1.82) is 0 Å². The minimum atomic E-state index is -0.567. The Balaban J connectivity index is 2.27. The van der Waals surface area contributed by atoms with Gasteiger partial charge in [0.15, 0.2) is 0 Å². The molecular weight excluding hydrogens is 257 g/mol. The Morgan fingerprint density at radius 2 is 2.17 bits per heavy atom. The van der Waals surface area contributed by atoms with Gasteiger partial charge in [-0.1, -0.05) is 11.6 Å². The summed E-state index contributed by atoms with van der Waals surface area (Å²) in [4.78, 5) is 15.6. The molecule has 0 atom stereocenters. The summed E-state index contributed by atoms with van der Waals surface area (Å²) in [5.41, 5.74) is 6.10. The molecule has 1 heterocycles. The lowest BCUT2D eigenvalue weighted by atomic mass is 10.2. The molecule has 6 heteroatoms. The number of halogens is 2. The van der Waals surface area contributed by atoms with Crippen LogP contribution in [0.3, 0.4) is 0 Å². The second-order valence-electron chi connectivity index (χ2n) is 3.55. The van der Waals surface area contributed by atoms with Crippen LogP contribution in [0, 0.1) is 5.82 Å². The highest BCUT2D eigenvalue weighted by molar-refractivity contribution is 6.34. The largest absolute Gasteiger partial charge is 0.399 e. The molecule has 1 amide bonds. The minimum Gasteiger partial charge on any atom is -0.399 e. The molecule has 3 N–H and O–H groups in total. The summed E-state index contributed by atoms with van der Waals surface area (Å²) in [7, 11) is 0. The van der Waals surface area contributed by atoms with E-state index in [9.17, 15) is 9.18 Å². The third-order valence-electron chi connectivity index (χ3n) is 2.26. The van der Waals surface area contributed by atoms with Crippen LogP contribution in [0.25, 0.3) is 0 Å². The third kappa shape index (κ3) is 2.57. The average Bonchev–Trinajstić information content (AvgIpc) is 2.34. The van der Waals surface area contributed by atoms with Crippen LogP contribution in [-0.2, 0) is 0 Å². The smallest absolute Gasteiger partial charge is 0.257 e. The first-order valence-corrected chi connectivity index (χ1v) is 5.41. The van der Waals surface area contributed by atoms with Crippen molar-refractivity contribution in [2.45, 2.75) is 0 Å². The predicted molar refractivity (Wildman–Crippen MR) is 68.0 cm³/mol. The van der Waals surface area contributed by atoms with Crippen molar-refractivity contribution in [1.82, 2.24) is 4.98 Å². The number of benzene rings is 1. The first kappa shape index (κ1) is 12.3. The minimum absolute atomic E-state index is 0.00730. The number of aromatic nitrogens is 1. The summed E-state index contributed by atoms with van der Waals surface area (Å²) >= 11 is 5.81. The molecule has 0 unspecified atom stereocenters. The van der Waals surface area contributed by atoms with Crippen molar-refractivity contribution in [3.63, 3.8) is 0 Å². The quantitative estimate of drug-likeness (QED) is 0.821. The van der Waals surface area contributed by atoms with Crippen molar-refractivity contribution < 1.29 is 9.18 Å². The number of amides is 1. The number of hydrogen-bond donors (Lipinski definition) is 2. The van der Waals surface area contributed by atoms with E-state index in [0.717, 1.165) is 0 Å². The maximum Gasteiger partial charge on any atom is 0.257 e. The fourth-order valence-electron chi connectivity index (χ4n) is 1.39. The molecule has 1 aromatic carbocycles. The van der Waals surface area contributed by atoms with E-state index < -0.39 is 11.7 Å². The van der Waals surface area contributed by atoms with E-state index in [1.807, 2.05) is 0 Å². The molecule has 18 heavy (non-hydrogen) atoms. The van der Waals surface area contributed by atoms with Gasteiger partial charge in [-0.2, -0.15) is 0 Å². The van der Waals surface area contributed by atoms with Gasteiger partial charge in [0.1, 0.15) is 5.82 Å². The standard InChI is InChI=1S/C12H9ClFN3O/c13-9-6-16-4-3-8(9)12(18)17-11-5-7(15)1-2-10(11)14/h1-6H,15H2,(H,17,18). The number of nitrogen functional groups attached to an aromatic ring is 1. The number of pyridine rings is 1. The molecule has 0 saturated heterocycles. The molecule has 4 nitrogen and oxygen atoms in total. The van der Waals surface area contributed by atoms with Crippen LogP contribution in [0.15, 0.2) is 36.7 Å². The number of nitrogens with two attached hydrogens (primary N) is 1. The molecule has 0 aliphatic carbocycles. The molecule has 0 radical (unpaired) electrons. The number of nitrogens with one attached hydrogen (secondary N) is 1. The monoisotopic (exact) mass is 265 g/mol.